The zero-order valence-electron chi connectivity index (χ0n) is 27.3. The maximum Gasteiger partial charge on any atom is 0.237 e. The molecule has 1 spiro atoms. The highest BCUT2D eigenvalue weighted by Crippen LogP contribution is 2.43. The van der Waals surface area contributed by atoms with Crippen LogP contribution in [0.1, 0.15) is 30.5 Å². The molecule has 2 aromatic carbocycles. The van der Waals surface area contributed by atoms with Crippen molar-refractivity contribution in [3.8, 4) is 45.4 Å². The Bertz CT molecular complexity index is 1920. The van der Waals surface area contributed by atoms with Crippen LogP contribution in [0.25, 0.3) is 33.6 Å². The topological polar surface area (TPSA) is 131 Å². The van der Waals surface area contributed by atoms with Crippen LogP contribution in [0, 0.1) is 5.41 Å². The predicted molar refractivity (Wildman–Crippen MR) is 187 cm³/mol. The number of nitrogens with one attached hydrogen (secondary N) is 3. The highest BCUT2D eigenvalue weighted by atomic mass is 35.5. The number of likely N-dealkylation sites (tertiary alicyclic amines) is 1. The molecule has 0 radical (unpaired) electrons. The van der Waals surface area contributed by atoms with Gasteiger partial charge in [-0.05, 0) is 12.5 Å². The first-order valence-electron chi connectivity index (χ1n) is 16.3. The van der Waals surface area contributed by atoms with E-state index < -0.39 is 0 Å². The summed E-state index contributed by atoms with van der Waals surface area (Å²) >= 11 is 14.2. The third-order valence-corrected chi connectivity index (χ3v) is 10.3. The van der Waals surface area contributed by atoms with Crippen LogP contribution >= 0.6 is 23.2 Å². The number of aromatic nitrogens is 3. The molecular formula is C36H37Cl2N7O4. The van der Waals surface area contributed by atoms with Crippen LogP contribution in [0.3, 0.4) is 0 Å². The molecule has 254 valence electrons. The van der Waals surface area contributed by atoms with Crippen LogP contribution in [0.2, 0.25) is 10.0 Å². The van der Waals surface area contributed by atoms with Crippen LogP contribution in [0.15, 0.2) is 54.7 Å². The number of carbonyl (C=O) groups excluding carboxylic acids is 2. The van der Waals surface area contributed by atoms with Crippen molar-refractivity contribution in [1.29, 1.82) is 0 Å². The summed E-state index contributed by atoms with van der Waals surface area (Å²) in [5.74, 6) is 1.15. The summed E-state index contributed by atoms with van der Waals surface area (Å²) in [7, 11) is 3.18. The van der Waals surface area contributed by atoms with E-state index in [2.05, 4.69) is 20.9 Å². The van der Waals surface area contributed by atoms with E-state index in [4.69, 9.17) is 47.6 Å². The van der Waals surface area contributed by atoms with Gasteiger partial charge in [-0.15, -0.1) is 0 Å². The molecule has 4 aromatic rings. The SMILES string of the molecule is COc1nc(-c2cccc(-c3cccc(-c4cnc(CN5CC6(CNC(=O)C6)C5)c(OC)n4)c3Cl)c2Cl)ccc1CNCC1CCC(=O)N1. The Morgan fingerprint density at radius 3 is 2.20 bits per heavy atom. The zero-order chi connectivity index (χ0) is 34.1. The number of nitrogens with zero attached hydrogens (tertiary/aromatic N) is 4. The van der Waals surface area contributed by atoms with Crippen molar-refractivity contribution < 1.29 is 19.1 Å². The average molecular weight is 703 g/mol. The largest absolute Gasteiger partial charge is 0.481 e. The quantitative estimate of drug-likeness (QED) is 0.200. The predicted octanol–water partition coefficient (Wildman–Crippen LogP) is 4.89. The molecule has 3 fully saturated rings. The average Bonchev–Trinajstić information content (AvgIpc) is 3.70. The van der Waals surface area contributed by atoms with Crippen LogP contribution in [-0.4, -0.2) is 78.1 Å². The normalized spacial score (nSPS) is 18.3. The van der Waals surface area contributed by atoms with E-state index in [-0.39, 0.29) is 23.3 Å². The third kappa shape index (κ3) is 6.81. The highest BCUT2D eigenvalue weighted by Gasteiger charge is 2.48. The number of benzene rings is 2. The Hall–Kier alpha value is -4.29. The number of hydrogen-bond donors (Lipinski definition) is 3. The minimum absolute atomic E-state index is 0.0318. The molecule has 5 heterocycles. The minimum Gasteiger partial charge on any atom is -0.481 e. The van der Waals surface area contributed by atoms with Gasteiger partial charge < -0.3 is 25.4 Å². The van der Waals surface area contributed by atoms with Gasteiger partial charge in [-0.1, -0.05) is 65.7 Å². The van der Waals surface area contributed by atoms with Gasteiger partial charge in [0.2, 0.25) is 23.6 Å². The fraction of sp³-hybridized carbons (Fsp3) is 0.361. The number of methoxy groups -OCH3 is 2. The van der Waals surface area contributed by atoms with E-state index in [1.807, 2.05) is 48.5 Å². The molecule has 2 aromatic heterocycles. The Morgan fingerprint density at radius 2 is 1.57 bits per heavy atom. The lowest BCUT2D eigenvalue weighted by Gasteiger charge is -2.46. The maximum absolute atomic E-state index is 11.7. The summed E-state index contributed by atoms with van der Waals surface area (Å²) in [6.07, 6.45) is 3.69. The van der Waals surface area contributed by atoms with Gasteiger partial charge in [0.15, 0.2) is 0 Å². The van der Waals surface area contributed by atoms with E-state index in [1.165, 1.54) is 0 Å². The molecule has 1 atom stereocenters. The van der Waals surface area contributed by atoms with Gasteiger partial charge in [-0.2, -0.15) is 0 Å². The summed E-state index contributed by atoms with van der Waals surface area (Å²) in [5, 5.41) is 10.3. The fourth-order valence-corrected chi connectivity index (χ4v) is 7.67. The molecule has 11 nitrogen and oxygen atoms in total. The zero-order valence-corrected chi connectivity index (χ0v) is 28.8. The molecule has 13 heteroatoms. The molecule has 3 saturated heterocycles. The Balaban J connectivity index is 1.10. The molecule has 3 N–H and O–H groups in total. The number of ether oxygens (including phenoxy) is 2. The molecule has 2 amide bonds. The summed E-state index contributed by atoms with van der Waals surface area (Å²) < 4.78 is 11.3. The Labute approximate surface area is 294 Å². The van der Waals surface area contributed by atoms with Gasteiger partial charge in [-0.3, -0.25) is 19.5 Å². The fourth-order valence-electron chi connectivity index (χ4n) is 7.02. The van der Waals surface area contributed by atoms with Crippen molar-refractivity contribution in [3.63, 3.8) is 0 Å². The molecule has 3 aliphatic heterocycles. The molecular weight excluding hydrogens is 665 g/mol. The molecule has 0 saturated carbocycles. The third-order valence-electron chi connectivity index (χ3n) is 9.46. The van der Waals surface area contributed by atoms with Crippen molar-refractivity contribution in [1.82, 2.24) is 35.8 Å². The maximum atomic E-state index is 11.7. The lowest BCUT2D eigenvalue weighted by atomic mass is 9.79. The first-order chi connectivity index (χ1) is 23.8. The van der Waals surface area contributed by atoms with Gasteiger partial charge in [0.25, 0.3) is 0 Å². The van der Waals surface area contributed by atoms with E-state index in [0.29, 0.717) is 71.2 Å². The van der Waals surface area contributed by atoms with Gasteiger partial charge in [0.1, 0.15) is 5.69 Å². The van der Waals surface area contributed by atoms with Crippen molar-refractivity contribution in [2.24, 2.45) is 5.41 Å². The number of pyridine rings is 1. The van der Waals surface area contributed by atoms with E-state index >= 15 is 0 Å². The lowest BCUT2D eigenvalue weighted by molar-refractivity contribution is -0.121. The van der Waals surface area contributed by atoms with Gasteiger partial charge in [0.05, 0.1) is 41.8 Å². The first kappa shape index (κ1) is 33.2. The second-order valence-electron chi connectivity index (χ2n) is 12.9. The van der Waals surface area contributed by atoms with Crippen molar-refractivity contribution in [2.75, 3.05) is 40.4 Å². The van der Waals surface area contributed by atoms with Crippen LogP contribution < -0.4 is 25.4 Å². The first-order valence-corrected chi connectivity index (χ1v) is 17.0. The number of amides is 2. The molecule has 3 aliphatic rings. The van der Waals surface area contributed by atoms with Crippen molar-refractivity contribution in [2.45, 2.75) is 38.4 Å². The van der Waals surface area contributed by atoms with Crippen LogP contribution in [0.5, 0.6) is 11.8 Å². The minimum atomic E-state index is 0.0318. The van der Waals surface area contributed by atoms with Crippen molar-refractivity contribution in [3.05, 3.63) is 76.0 Å². The summed E-state index contributed by atoms with van der Waals surface area (Å²) in [6, 6.07) is 15.5. The number of carbonyl (C=O) groups is 2. The second kappa shape index (κ2) is 13.9. The summed E-state index contributed by atoms with van der Waals surface area (Å²) in [4.78, 5) is 39.8. The summed E-state index contributed by atoms with van der Waals surface area (Å²) in [6.45, 7) is 4.19. The lowest BCUT2D eigenvalue weighted by Crippen LogP contribution is -2.56. The highest BCUT2D eigenvalue weighted by molar-refractivity contribution is 6.39. The number of halogens is 2. The molecule has 1 unspecified atom stereocenters. The Morgan fingerprint density at radius 1 is 0.898 bits per heavy atom. The van der Waals surface area contributed by atoms with E-state index in [0.717, 1.165) is 54.0 Å². The second-order valence-corrected chi connectivity index (χ2v) is 13.7. The monoisotopic (exact) mass is 701 g/mol. The van der Waals surface area contributed by atoms with Gasteiger partial charge in [-0.25, -0.2) is 9.97 Å². The van der Waals surface area contributed by atoms with E-state index in [9.17, 15) is 9.59 Å². The smallest absolute Gasteiger partial charge is 0.237 e. The summed E-state index contributed by atoms with van der Waals surface area (Å²) in [5.41, 5.74) is 5.84. The Kier molecular flexibility index (Phi) is 9.43. The molecule has 0 bridgehead atoms. The molecule has 0 aliphatic carbocycles. The van der Waals surface area contributed by atoms with Gasteiger partial charge in [0, 0.05) is 91.4 Å². The van der Waals surface area contributed by atoms with Crippen LogP contribution in [-0.2, 0) is 22.7 Å². The van der Waals surface area contributed by atoms with Gasteiger partial charge >= 0.3 is 0 Å². The number of hydrogen-bond acceptors (Lipinski definition) is 9. The molecule has 49 heavy (non-hydrogen) atoms. The van der Waals surface area contributed by atoms with E-state index in [1.54, 1.807) is 20.4 Å². The number of rotatable bonds is 11. The molecule has 7 rings (SSSR count). The van der Waals surface area contributed by atoms with Crippen molar-refractivity contribution >= 4 is 35.0 Å². The van der Waals surface area contributed by atoms with Crippen LogP contribution in [0.4, 0.5) is 0 Å². The standard InChI is InChI=1S/C36H37Cl2N7O4/c1-48-34-21(14-39-15-22-10-12-30(46)42-22)9-11-27(43-34)25-7-3-5-23(32(25)37)24-6-4-8-26(33(24)38)28-16-40-29(35(44-28)49-2)17-45-19-36(20-45)13-31(47)41-18-36/h3-9,11,16,22,39H,10,12-15,17-20H2,1-2H3,(H,41,47)(H,42,46).